The molecule has 0 radical (unpaired) electrons. The van der Waals surface area contributed by atoms with Gasteiger partial charge in [-0.1, -0.05) is 49.4 Å². The second-order valence-corrected chi connectivity index (χ2v) is 7.24. The molecule has 0 fully saturated rings. The maximum Gasteiger partial charge on any atom is 0.346 e. The van der Waals surface area contributed by atoms with Crippen LogP contribution in [0.4, 0.5) is 0 Å². The fraction of sp³-hybridized carbons (Fsp3) is 0.292. The highest BCUT2D eigenvalue weighted by Crippen LogP contribution is 2.24. The van der Waals surface area contributed by atoms with Crippen LogP contribution in [-0.4, -0.2) is 25.4 Å². The fourth-order valence-electron chi connectivity index (χ4n) is 3.34. The van der Waals surface area contributed by atoms with E-state index in [4.69, 9.17) is 6.42 Å². The Bertz CT molecular complexity index is 1130. The molecule has 1 atom stereocenters. The minimum Gasteiger partial charge on any atom is -0.478 e. The summed E-state index contributed by atoms with van der Waals surface area (Å²) in [7, 11) is 0. The molecule has 3 rings (SSSR count). The Morgan fingerprint density at radius 1 is 1.20 bits per heavy atom. The zero-order valence-corrected chi connectivity index (χ0v) is 17.2. The van der Waals surface area contributed by atoms with Gasteiger partial charge < -0.3 is 5.11 Å². The van der Waals surface area contributed by atoms with Crippen LogP contribution in [0.15, 0.2) is 53.3 Å². The molecule has 0 saturated carbocycles. The maximum atomic E-state index is 12.9. The second-order valence-electron chi connectivity index (χ2n) is 7.24. The summed E-state index contributed by atoms with van der Waals surface area (Å²) >= 11 is 0. The first-order valence-corrected chi connectivity index (χ1v) is 9.99. The number of aryl methyl sites for hydroxylation is 1. The third kappa shape index (κ3) is 4.36. The molecule has 6 nitrogen and oxygen atoms in total. The van der Waals surface area contributed by atoms with Gasteiger partial charge in [0.25, 0.3) is 0 Å². The molecule has 0 bridgehead atoms. The van der Waals surface area contributed by atoms with Gasteiger partial charge in [-0.3, -0.25) is 4.57 Å². The number of hydrogen-bond donors (Lipinski definition) is 1. The average molecular weight is 403 g/mol. The maximum absolute atomic E-state index is 12.9. The molecule has 30 heavy (non-hydrogen) atoms. The highest BCUT2D eigenvalue weighted by atomic mass is 16.4. The zero-order valence-electron chi connectivity index (χ0n) is 17.2. The third-order valence-corrected chi connectivity index (χ3v) is 5.23. The van der Waals surface area contributed by atoms with Gasteiger partial charge in [-0.05, 0) is 36.1 Å². The number of carboxylic acid groups (broad SMARTS) is 1. The molecule has 0 spiro atoms. The van der Waals surface area contributed by atoms with Crippen molar-refractivity contribution in [1.29, 1.82) is 0 Å². The number of benzene rings is 2. The molecular formula is C24H25N3O3. The number of hydrogen-bond acceptors (Lipinski definition) is 3. The predicted octanol–water partition coefficient (Wildman–Crippen LogP) is 4.00. The van der Waals surface area contributed by atoms with Crippen molar-refractivity contribution in [3.8, 4) is 23.5 Å². The molecule has 6 heteroatoms. The predicted molar refractivity (Wildman–Crippen MR) is 117 cm³/mol. The van der Waals surface area contributed by atoms with Crippen LogP contribution >= 0.6 is 0 Å². The van der Waals surface area contributed by atoms with Gasteiger partial charge in [-0.15, -0.1) is 12.3 Å². The molecule has 0 aliphatic carbocycles. The van der Waals surface area contributed by atoms with E-state index >= 15 is 0 Å². The summed E-state index contributed by atoms with van der Waals surface area (Å²) in [4.78, 5) is 24.4. The van der Waals surface area contributed by atoms with Crippen LogP contribution in [0.1, 0.15) is 54.5 Å². The summed E-state index contributed by atoms with van der Waals surface area (Å²) in [5, 5.41) is 13.9. The number of carboxylic acids is 1. The Hall–Kier alpha value is -3.59. The molecule has 0 amide bonds. The Kier molecular flexibility index (Phi) is 6.53. The summed E-state index contributed by atoms with van der Waals surface area (Å²) in [6.45, 7) is 4.37. The van der Waals surface area contributed by atoms with Gasteiger partial charge >= 0.3 is 11.7 Å². The van der Waals surface area contributed by atoms with Crippen molar-refractivity contribution in [1.82, 2.24) is 14.3 Å². The summed E-state index contributed by atoms with van der Waals surface area (Å²) in [5.74, 6) is 2.32. The Labute approximate surface area is 175 Å². The first-order chi connectivity index (χ1) is 14.5. The van der Waals surface area contributed by atoms with E-state index in [1.54, 1.807) is 22.8 Å². The quantitative estimate of drug-likeness (QED) is 0.577. The van der Waals surface area contributed by atoms with E-state index in [-0.39, 0.29) is 17.3 Å². The van der Waals surface area contributed by atoms with Crippen molar-refractivity contribution in [2.45, 2.75) is 45.7 Å². The highest BCUT2D eigenvalue weighted by Gasteiger charge is 2.17. The topological polar surface area (TPSA) is 77.1 Å². The van der Waals surface area contributed by atoms with Crippen molar-refractivity contribution in [3.05, 3.63) is 76.0 Å². The normalized spacial score (nSPS) is 11.8. The van der Waals surface area contributed by atoms with Gasteiger partial charge in [0.15, 0.2) is 0 Å². The fourth-order valence-corrected chi connectivity index (χ4v) is 3.34. The zero-order chi connectivity index (χ0) is 21.7. The van der Waals surface area contributed by atoms with Gasteiger partial charge in [0, 0.05) is 12.8 Å². The summed E-state index contributed by atoms with van der Waals surface area (Å²) in [6, 6.07) is 14.5. The molecule has 1 unspecified atom stereocenters. The van der Waals surface area contributed by atoms with Crippen molar-refractivity contribution >= 4 is 5.97 Å². The average Bonchev–Trinajstić information content (AvgIpc) is 3.07. The summed E-state index contributed by atoms with van der Waals surface area (Å²) < 4.78 is 3.20. The Morgan fingerprint density at radius 2 is 1.90 bits per heavy atom. The standard InChI is InChI=1S/C24H25N3O3/c1-4-6-11-22-25-27(17(3)5-2)24(30)26(22)16-18-12-14-19(15-13-18)20-9-7-8-10-21(20)23(28)29/h1,7-10,12-15,17H,5-6,11,16H2,2-3H3,(H,28,29). The van der Waals surface area contributed by atoms with E-state index in [1.165, 1.54) is 4.68 Å². The van der Waals surface area contributed by atoms with Gasteiger partial charge in [-0.25, -0.2) is 14.3 Å². The first-order valence-electron chi connectivity index (χ1n) is 9.99. The van der Waals surface area contributed by atoms with Gasteiger partial charge in [0.2, 0.25) is 0 Å². The number of terminal acetylenes is 1. The smallest absolute Gasteiger partial charge is 0.346 e. The lowest BCUT2D eigenvalue weighted by Gasteiger charge is -2.09. The molecule has 154 valence electrons. The minimum atomic E-state index is -0.961. The molecule has 0 aliphatic rings. The number of aromatic carboxylic acids is 1. The molecule has 1 aromatic heterocycles. The van der Waals surface area contributed by atoms with Crippen LogP contribution in [0.25, 0.3) is 11.1 Å². The largest absolute Gasteiger partial charge is 0.478 e. The van der Waals surface area contributed by atoms with Crippen LogP contribution in [-0.2, 0) is 13.0 Å². The van der Waals surface area contributed by atoms with Gasteiger partial charge in [0.1, 0.15) is 5.82 Å². The van der Waals surface area contributed by atoms with E-state index in [9.17, 15) is 14.7 Å². The van der Waals surface area contributed by atoms with Gasteiger partial charge in [0.05, 0.1) is 18.2 Å². The second kappa shape index (κ2) is 9.27. The van der Waals surface area contributed by atoms with E-state index in [0.717, 1.165) is 17.5 Å². The Morgan fingerprint density at radius 3 is 2.53 bits per heavy atom. The van der Waals surface area contributed by atoms with E-state index in [0.29, 0.717) is 30.8 Å². The molecule has 0 aliphatic heterocycles. The minimum absolute atomic E-state index is 0.0123. The highest BCUT2D eigenvalue weighted by molar-refractivity contribution is 5.95. The lowest BCUT2D eigenvalue weighted by atomic mass is 9.99. The number of aromatic nitrogens is 3. The number of nitrogens with zero attached hydrogens (tertiary/aromatic N) is 3. The monoisotopic (exact) mass is 403 g/mol. The molecule has 0 saturated heterocycles. The third-order valence-electron chi connectivity index (χ3n) is 5.23. The van der Waals surface area contributed by atoms with E-state index in [1.807, 2.05) is 44.2 Å². The van der Waals surface area contributed by atoms with Crippen LogP contribution in [0.5, 0.6) is 0 Å². The summed E-state index contributed by atoms with van der Waals surface area (Å²) in [5.41, 5.74) is 2.52. The van der Waals surface area contributed by atoms with Gasteiger partial charge in [-0.2, -0.15) is 5.10 Å². The van der Waals surface area contributed by atoms with Crippen LogP contribution in [0.2, 0.25) is 0 Å². The Balaban J connectivity index is 1.92. The van der Waals surface area contributed by atoms with Crippen molar-refractivity contribution < 1.29 is 9.90 Å². The van der Waals surface area contributed by atoms with E-state index < -0.39 is 5.97 Å². The lowest BCUT2D eigenvalue weighted by Crippen LogP contribution is -2.27. The lowest BCUT2D eigenvalue weighted by molar-refractivity contribution is 0.0697. The van der Waals surface area contributed by atoms with Crippen molar-refractivity contribution in [2.75, 3.05) is 0 Å². The van der Waals surface area contributed by atoms with Crippen LogP contribution in [0, 0.1) is 12.3 Å². The van der Waals surface area contributed by atoms with Crippen LogP contribution < -0.4 is 5.69 Å². The van der Waals surface area contributed by atoms with Crippen molar-refractivity contribution in [2.24, 2.45) is 0 Å². The van der Waals surface area contributed by atoms with E-state index in [2.05, 4.69) is 11.0 Å². The van der Waals surface area contributed by atoms with Crippen molar-refractivity contribution in [3.63, 3.8) is 0 Å². The SMILES string of the molecule is C#CCCc1nn(C(C)CC)c(=O)n1Cc1ccc(-c2ccccc2C(=O)O)cc1. The molecule has 3 aromatic rings. The number of carbonyl (C=O) groups is 1. The molecular weight excluding hydrogens is 378 g/mol. The summed E-state index contributed by atoms with van der Waals surface area (Å²) in [6.07, 6.45) is 7.27. The molecule has 2 aromatic carbocycles. The first kappa shape index (κ1) is 21.1. The molecule has 1 N–H and O–H groups in total. The number of rotatable bonds is 8. The molecule has 1 heterocycles. The van der Waals surface area contributed by atoms with Crippen LogP contribution in [0.3, 0.4) is 0 Å².